The predicted octanol–water partition coefficient (Wildman–Crippen LogP) is -0.701. The van der Waals surface area contributed by atoms with Gasteiger partial charge in [-0.2, -0.15) is 5.26 Å². The number of β-amino-alcohol motifs (C(OH)–C–C–N with tert-alkyl or cyclic N) is 1. The Morgan fingerprint density at radius 2 is 2.18 bits per heavy atom. The minimum atomic E-state index is -0.337. The van der Waals surface area contributed by atoms with E-state index in [1.807, 2.05) is 11.0 Å². The molecule has 122 valence electrons. The first-order valence-electron chi connectivity index (χ1n) is 7.82. The molecular weight excluding hydrogens is 284 g/mol. The first-order chi connectivity index (χ1) is 10.7. The third-order valence-corrected chi connectivity index (χ3v) is 4.01. The van der Waals surface area contributed by atoms with E-state index in [1.54, 1.807) is 6.20 Å². The molecule has 0 spiro atoms. The number of aliphatic hydroxyl groups excluding tert-OH is 1. The Labute approximate surface area is 131 Å². The summed E-state index contributed by atoms with van der Waals surface area (Å²) in [5.74, 6) is -0.337. The molecule has 2 aliphatic rings. The average molecular weight is 308 g/mol. The second kappa shape index (κ2) is 8.73. The fraction of sp³-hybridized carbons (Fsp3) is 0.733. The van der Waals surface area contributed by atoms with Crippen molar-refractivity contribution in [2.75, 3.05) is 52.5 Å². The predicted molar refractivity (Wildman–Crippen MR) is 80.8 cm³/mol. The largest absolute Gasteiger partial charge is 0.395 e. The topological polar surface area (TPSA) is 88.8 Å². The van der Waals surface area contributed by atoms with Gasteiger partial charge in [-0.3, -0.25) is 9.69 Å². The molecule has 2 saturated heterocycles. The molecule has 2 N–H and O–H groups in total. The summed E-state index contributed by atoms with van der Waals surface area (Å²) in [6.07, 6.45) is 3.70. The van der Waals surface area contributed by atoms with Gasteiger partial charge in [0, 0.05) is 52.1 Å². The summed E-state index contributed by atoms with van der Waals surface area (Å²) in [6.45, 7) is 5.20. The standard InChI is InChI=1S/C15H24N4O3/c16-10-13(15(21)17-11-14-2-1-9-22-14)12-19-5-3-18(4-6-19)7-8-20/h12,14,20H,1-9,11H2,(H,17,21)/b13-12-. The van der Waals surface area contributed by atoms with Crippen molar-refractivity contribution >= 4 is 5.91 Å². The highest BCUT2D eigenvalue weighted by Crippen LogP contribution is 2.11. The van der Waals surface area contributed by atoms with Crippen LogP contribution in [0.4, 0.5) is 0 Å². The number of nitrogens with zero attached hydrogens (tertiary/aromatic N) is 3. The number of hydrogen-bond donors (Lipinski definition) is 2. The van der Waals surface area contributed by atoms with E-state index < -0.39 is 0 Å². The van der Waals surface area contributed by atoms with Crippen LogP contribution in [0.2, 0.25) is 0 Å². The van der Waals surface area contributed by atoms with Gasteiger partial charge in [-0.25, -0.2) is 0 Å². The molecule has 22 heavy (non-hydrogen) atoms. The highest BCUT2D eigenvalue weighted by atomic mass is 16.5. The smallest absolute Gasteiger partial charge is 0.263 e. The van der Waals surface area contributed by atoms with E-state index in [1.165, 1.54) is 0 Å². The van der Waals surface area contributed by atoms with Crippen LogP contribution in [-0.2, 0) is 9.53 Å². The van der Waals surface area contributed by atoms with Crippen molar-refractivity contribution in [2.24, 2.45) is 0 Å². The van der Waals surface area contributed by atoms with E-state index in [2.05, 4.69) is 10.2 Å². The zero-order valence-corrected chi connectivity index (χ0v) is 12.8. The van der Waals surface area contributed by atoms with E-state index in [0.717, 1.165) is 45.6 Å². The highest BCUT2D eigenvalue weighted by Gasteiger charge is 2.19. The molecule has 2 heterocycles. The molecule has 0 aromatic heterocycles. The fourth-order valence-electron chi connectivity index (χ4n) is 2.69. The van der Waals surface area contributed by atoms with Crippen LogP contribution in [0.15, 0.2) is 11.8 Å². The lowest BCUT2D eigenvalue weighted by molar-refractivity contribution is -0.117. The first kappa shape index (κ1) is 16.7. The van der Waals surface area contributed by atoms with Crippen LogP contribution in [0.3, 0.4) is 0 Å². The SMILES string of the molecule is N#C/C(=C/N1CCN(CCO)CC1)C(=O)NCC1CCCO1. The van der Waals surface area contributed by atoms with Crippen LogP contribution < -0.4 is 5.32 Å². The maximum absolute atomic E-state index is 12.0. The summed E-state index contributed by atoms with van der Waals surface area (Å²) in [7, 11) is 0. The van der Waals surface area contributed by atoms with Crippen molar-refractivity contribution in [3.63, 3.8) is 0 Å². The molecule has 1 atom stereocenters. The van der Waals surface area contributed by atoms with Crippen molar-refractivity contribution in [2.45, 2.75) is 18.9 Å². The number of ether oxygens (including phenoxy) is 1. The van der Waals surface area contributed by atoms with Crippen molar-refractivity contribution < 1.29 is 14.6 Å². The van der Waals surface area contributed by atoms with Crippen molar-refractivity contribution in [1.82, 2.24) is 15.1 Å². The second-order valence-corrected chi connectivity index (χ2v) is 5.60. The number of nitriles is 1. The van der Waals surface area contributed by atoms with Crippen molar-refractivity contribution in [3.05, 3.63) is 11.8 Å². The quantitative estimate of drug-likeness (QED) is 0.498. The number of piperazine rings is 1. The fourth-order valence-corrected chi connectivity index (χ4v) is 2.69. The molecular formula is C15H24N4O3. The van der Waals surface area contributed by atoms with Crippen LogP contribution in [0.25, 0.3) is 0 Å². The van der Waals surface area contributed by atoms with Gasteiger partial charge in [0.2, 0.25) is 0 Å². The van der Waals surface area contributed by atoms with Gasteiger partial charge < -0.3 is 20.1 Å². The molecule has 7 heteroatoms. The molecule has 7 nitrogen and oxygen atoms in total. The van der Waals surface area contributed by atoms with Crippen molar-refractivity contribution in [1.29, 1.82) is 5.26 Å². The van der Waals surface area contributed by atoms with Gasteiger partial charge in [-0.1, -0.05) is 0 Å². The minimum Gasteiger partial charge on any atom is -0.395 e. The van der Waals surface area contributed by atoms with Gasteiger partial charge >= 0.3 is 0 Å². The van der Waals surface area contributed by atoms with Crippen molar-refractivity contribution in [3.8, 4) is 6.07 Å². The Kier molecular flexibility index (Phi) is 6.65. The van der Waals surface area contributed by atoms with E-state index in [0.29, 0.717) is 13.1 Å². The molecule has 0 aliphatic carbocycles. The Bertz CT molecular complexity index is 433. The summed E-state index contributed by atoms with van der Waals surface area (Å²) < 4.78 is 5.45. The summed E-state index contributed by atoms with van der Waals surface area (Å²) in [5.41, 5.74) is 0.133. The molecule has 2 fully saturated rings. The summed E-state index contributed by atoms with van der Waals surface area (Å²) in [4.78, 5) is 16.2. The lowest BCUT2D eigenvalue weighted by Gasteiger charge is -2.33. The number of carbonyl (C=O) groups is 1. The Morgan fingerprint density at radius 3 is 2.77 bits per heavy atom. The molecule has 0 saturated carbocycles. The lowest BCUT2D eigenvalue weighted by atomic mass is 10.2. The summed E-state index contributed by atoms with van der Waals surface area (Å²) in [6, 6.07) is 1.97. The van der Waals surface area contributed by atoms with Crippen LogP contribution in [-0.4, -0.2) is 79.4 Å². The Balaban J connectivity index is 1.79. The van der Waals surface area contributed by atoms with Crippen LogP contribution >= 0.6 is 0 Å². The van der Waals surface area contributed by atoms with Gasteiger partial charge in [-0.15, -0.1) is 0 Å². The zero-order valence-electron chi connectivity index (χ0n) is 12.8. The molecule has 2 aliphatic heterocycles. The normalized spacial score (nSPS) is 23.4. The van der Waals surface area contributed by atoms with Gasteiger partial charge in [0.15, 0.2) is 0 Å². The summed E-state index contributed by atoms with van der Waals surface area (Å²) >= 11 is 0. The Hall–Kier alpha value is -1.62. The average Bonchev–Trinajstić information content (AvgIpc) is 3.05. The minimum absolute atomic E-state index is 0.0749. The Morgan fingerprint density at radius 1 is 1.41 bits per heavy atom. The van der Waals surface area contributed by atoms with Crippen LogP contribution in [0.5, 0.6) is 0 Å². The first-order valence-corrected chi connectivity index (χ1v) is 7.82. The van der Waals surface area contributed by atoms with Gasteiger partial charge in [-0.05, 0) is 12.8 Å². The molecule has 0 aromatic rings. The monoisotopic (exact) mass is 308 g/mol. The van der Waals surface area contributed by atoms with E-state index >= 15 is 0 Å². The van der Waals surface area contributed by atoms with E-state index in [4.69, 9.17) is 9.84 Å². The van der Waals surface area contributed by atoms with Gasteiger partial charge in [0.05, 0.1) is 12.7 Å². The maximum atomic E-state index is 12.0. The number of carbonyl (C=O) groups excluding carboxylic acids is 1. The second-order valence-electron chi connectivity index (χ2n) is 5.60. The third-order valence-electron chi connectivity index (χ3n) is 4.01. The van der Waals surface area contributed by atoms with Crippen LogP contribution in [0.1, 0.15) is 12.8 Å². The maximum Gasteiger partial charge on any atom is 0.263 e. The third kappa shape index (κ3) is 4.98. The number of rotatable bonds is 6. The van der Waals surface area contributed by atoms with E-state index in [-0.39, 0.29) is 24.2 Å². The molecule has 2 rings (SSSR count). The number of aliphatic hydroxyl groups is 1. The highest BCUT2D eigenvalue weighted by molar-refractivity contribution is 5.97. The molecule has 0 radical (unpaired) electrons. The summed E-state index contributed by atoms with van der Waals surface area (Å²) in [5, 5.41) is 20.9. The van der Waals surface area contributed by atoms with Crippen LogP contribution in [0, 0.1) is 11.3 Å². The zero-order chi connectivity index (χ0) is 15.8. The number of amides is 1. The molecule has 1 unspecified atom stereocenters. The van der Waals surface area contributed by atoms with Gasteiger partial charge in [0.25, 0.3) is 5.91 Å². The lowest BCUT2D eigenvalue weighted by Crippen LogP contribution is -2.45. The molecule has 0 aromatic carbocycles. The number of nitrogens with one attached hydrogen (secondary N) is 1. The van der Waals surface area contributed by atoms with Gasteiger partial charge in [0.1, 0.15) is 11.6 Å². The van der Waals surface area contributed by atoms with E-state index in [9.17, 15) is 10.1 Å². The molecule has 1 amide bonds. The number of hydrogen-bond acceptors (Lipinski definition) is 6. The molecule has 0 bridgehead atoms.